The molecule has 1 saturated heterocycles. The van der Waals surface area contributed by atoms with Crippen molar-refractivity contribution in [2.75, 3.05) is 26.2 Å². The van der Waals surface area contributed by atoms with E-state index in [-0.39, 0.29) is 11.8 Å². The van der Waals surface area contributed by atoms with Crippen LogP contribution in [0.5, 0.6) is 0 Å². The molecule has 3 rings (SSSR count). The summed E-state index contributed by atoms with van der Waals surface area (Å²) in [7, 11) is 0. The number of likely N-dealkylation sites (tertiary alicyclic amines) is 1. The first-order valence-electron chi connectivity index (χ1n) is 13.4. The second kappa shape index (κ2) is 13.7. The molecular weight excluding hydrogens is 418 g/mol. The molecule has 2 aromatic rings. The number of unbranched alkanes of at least 4 members (excludes halogenated alkanes) is 6. The lowest BCUT2D eigenvalue weighted by Gasteiger charge is -2.37. The molecule has 1 amide bonds. The molecule has 1 aliphatic rings. The van der Waals surface area contributed by atoms with E-state index >= 15 is 0 Å². The van der Waals surface area contributed by atoms with Crippen LogP contribution < -0.4 is 11.1 Å². The fraction of sp³-hybridized carbons (Fsp3) is 0.567. The van der Waals surface area contributed by atoms with Gasteiger partial charge in [0.2, 0.25) is 5.91 Å². The molecular formula is C30H45N3O. The van der Waals surface area contributed by atoms with Gasteiger partial charge in [-0.2, -0.15) is 0 Å². The predicted molar refractivity (Wildman–Crippen MR) is 143 cm³/mol. The maximum Gasteiger partial charge on any atom is 0.232 e. The fourth-order valence-corrected chi connectivity index (χ4v) is 5.65. The van der Waals surface area contributed by atoms with Gasteiger partial charge in [-0.1, -0.05) is 107 Å². The minimum absolute atomic E-state index is 0.189. The molecule has 0 radical (unpaired) electrons. The summed E-state index contributed by atoms with van der Waals surface area (Å²) in [6.07, 6.45) is 10.2. The van der Waals surface area contributed by atoms with E-state index in [1.807, 2.05) is 36.4 Å². The average molecular weight is 464 g/mol. The molecule has 0 unspecified atom stereocenters. The van der Waals surface area contributed by atoms with Gasteiger partial charge in [0, 0.05) is 12.6 Å². The largest absolute Gasteiger partial charge is 0.369 e. The van der Waals surface area contributed by atoms with Crippen molar-refractivity contribution in [1.82, 2.24) is 10.2 Å². The normalized spacial score (nSPS) is 16.9. The van der Waals surface area contributed by atoms with Gasteiger partial charge >= 0.3 is 0 Å². The Kier molecular flexibility index (Phi) is 10.6. The number of carbonyl (C=O) groups excluding carboxylic acids is 1. The third kappa shape index (κ3) is 6.93. The molecule has 1 atom stereocenters. The summed E-state index contributed by atoms with van der Waals surface area (Å²) in [6.45, 7) is 8.65. The minimum atomic E-state index is -0.776. The van der Waals surface area contributed by atoms with Crippen molar-refractivity contribution in [3.8, 4) is 0 Å². The molecule has 186 valence electrons. The van der Waals surface area contributed by atoms with Gasteiger partial charge in [0.05, 0.1) is 0 Å². The van der Waals surface area contributed by atoms with Crippen LogP contribution in [0.15, 0.2) is 60.7 Å². The molecule has 34 heavy (non-hydrogen) atoms. The fourth-order valence-electron chi connectivity index (χ4n) is 5.65. The van der Waals surface area contributed by atoms with Crippen molar-refractivity contribution in [2.45, 2.75) is 76.7 Å². The number of hydrogen-bond acceptors (Lipinski definition) is 3. The molecule has 0 bridgehead atoms. The van der Waals surface area contributed by atoms with E-state index in [9.17, 15) is 4.79 Å². The zero-order valence-electron chi connectivity index (χ0n) is 21.3. The van der Waals surface area contributed by atoms with Crippen molar-refractivity contribution < 1.29 is 4.79 Å². The lowest BCUT2D eigenvalue weighted by atomic mass is 9.64. The SMILES string of the molecule is CC(C)NCCCCCCCCCN1CC[C@@H](C(C(N)=O)(c2ccccc2)c2ccccc2)C1. The van der Waals surface area contributed by atoms with Crippen molar-refractivity contribution >= 4 is 5.91 Å². The van der Waals surface area contributed by atoms with Crippen LogP contribution in [0.3, 0.4) is 0 Å². The van der Waals surface area contributed by atoms with Gasteiger partial charge in [-0.05, 0) is 55.9 Å². The number of amides is 1. The molecule has 0 aliphatic carbocycles. The first-order valence-corrected chi connectivity index (χ1v) is 13.4. The zero-order chi connectivity index (χ0) is 24.2. The maximum atomic E-state index is 13.2. The molecule has 1 heterocycles. The van der Waals surface area contributed by atoms with Gasteiger partial charge < -0.3 is 16.0 Å². The van der Waals surface area contributed by atoms with Crippen molar-refractivity contribution in [1.29, 1.82) is 0 Å². The number of nitrogens with zero attached hydrogens (tertiary/aromatic N) is 1. The maximum absolute atomic E-state index is 13.2. The number of nitrogens with one attached hydrogen (secondary N) is 1. The smallest absolute Gasteiger partial charge is 0.232 e. The van der Waals surface area contributed by atoms with Crippen LogP contribution in [0, 0.1) is 5.92 Å². The Hall–Kier alpha value is -2.17. The standard InChI is InChI=1S/C30H45N3O/c1-25(2)32-21-14-6-4-3-5-7-15-22-33-23-20-28(24-33)30(29(31)34,26-16-10-8-11-17-26)27-18-12-9-13-19-27/h8-13,16-19,25,28,32H,3-7,14-15,20-24H2,1-2H3,(H2,31,34)/t28-/m1/s1. The van der Waals surface area contributed by atoms with Gasteiger partial charge in [0.1, 0.15) is 5.41 Å². The highest BCUT2D eigenvalue weighted by atomic mass is 16.1. The van der Waals surface area contributed by atoms with Crippen LogP contribution in [-0.4, -0.2) is 43.0 Å². The van der Waals surface area contributed by atoms with Crippen molar-refractivity contribution in [2.24, 2.45) is 11.7 Å². The first-order chi connectivity index (χ1) is 16.5. The van der Waals surface area contributed by atoms with Gasteiger partial charge in [-0.3, -0.25) is 4.79 Å². The van der Waals surface area contributed by atoms with Crippen LogP contribution in [-0.2, 0) is 10.2 Å². The second-order valence-corrected chi connectivity index (χ2v) is 10.3. The Balaban J connectivity index is 1.51. The summed E-state index contributed by atoms with van der Waals surface area (Å²) in [5.41, 5.74) is 7.47. The van der Waals surface area contributed by atoms with Crippen LogP contribution in [0.1, 0.15) is 76.3 Å². The highest BCUT2D eigenvalue weighted by Gasteiger charge is 2.49. The van der Waals surface area contributed by atoms with E-state index in [1.54, 1.807) is 0 Å². The quantitative estimate of drug-likeness (QED) is 0.343. The topological polar surface area (TPSA) is 58.4 Å². The predicted octanol–water partition coefficient (Wildman–Crippen LogP) is 5.51. The second-order valence-electron chi connectivity index (χ2n) is 10.3. The third-order valence-electron chi connectivity index (χ3n) is 7.44. The molecule has 0 saturated carbocycles. The summed E-state index contributed by atoms with van der Waals surface area (Å²) in [5, 5.41) is 3.50. The number of carbonyl (C=O) groups is 1. The molecule has 3 N–H and O–H groups in total. The number of primary amides is 1. The van der Waals surface area contributed by atoms with Crippen LogP contribution in [0.2, 0.25) is 0 Å². The Labute approximate surface area is 207 Å². The van der Waals surface area contributed by atoms with Gasteiger partial charge in [0.15, 0.2) is 0 Å². The summed E-state index contributed by atoms with van der Waals surface area (Å²) >= 11 is 0. The van der Waals surface area contributed by atoms with E-state index < -0.39 is 5.41 Å². The Morgan fingerprint density at radius 2 is 1.44 bits per heavy atom. The Bertz CT molecular complexity index is 797. The summed E-state index contributed by atoms with van der Waals surface area (Å²) in [5.74, 6) is -0.0467. The molecule has 0 spiro atoms. The monoisotopic (exact) mass is 463 g/mol. The molecule has 0 aromatic heterocycles. The van der Waals surface area contributed by atoms with Crippen molar-refractivity contribution in [3.63, 3.8) is 0 Å². The van der Waals surface area contributed by atoms with E-state index in [4.69, 9.17) is 5.73 Å². The van der Waals surface area contributed by atoms with Gasteiger partial charge in [0.25, 0.3) is 0 Å². The Morgan fingerprint density at radius 1 is 0.912 bits per heavy atom. The van der Waals surface area contributed by atoms with Crippen molar-refractivity contribution in [3.05, 3.63) is 71.8 Å². The molecule has 4 heteroatoms. The molecule has 4 nitrogen and oxygen atoms in total. The van der Waals surface area contributed by atoms with Crippen LogP contribution in [0.4, 0.5) is 0 Å². The summed E-state index contributed by atoms with van der Waals surface area (Å²) < 4.78 is 0. The van der Waals surface area contributed by atoms with Crippen LogP contribution >= 0.6 is 0 Å². The molecule has 1 aliphatic heterocycles. The van der Waals surface area contributed by atoms with Gasteiger partial charge in [-0.25, -0.2) is 0 Å². The molecule has 2 aromatic carbocycles. The summed E-state index contributed by atoms with van der Waals surface area (Å²) in [4.78, 5) is 15.7. The van der Waals surface area contributed by atoms with Crippen LogP contribution in [0.25, 0.3) is 0 Å². The lowest BCUT2D eigenvalue weighted by Crippen LogP contribution is -2.49. The number of nitrogens with two attached hydrogens (primary N) is 1. The Morgan fingerprint density at radius 3 is 1.97 bits per heavy atom. The zero-order valence-corrected chi connectivity index (χ0v) is 21.3. The van der Waals surface area contributed by atoms with E-state index in [0.29, 0.717) is 6.04 Å². The first kappa shape index (κ1) is 26.4. The third-order valence-corrected chi connectivity index (χ3v) is 7.44. The highest BCUT2D eigenvalue weighted by Crippen LogP contribution is 2.43. The van der Waals surface area contributed by atoms with E-state index in [2.05, 4.69) is 48.3 Å². The molecule has 1 fully saturated rings. The minimum Gasteiger partial charge on any atom is -0.369 e. The van der Waals surface area contributed by atoms with E-state index in [1.165, 1.54) is 44.9 Å². The lowest BCUT2D eigenvalue weighted by molar-refractivity contribution is -0.123. The van der Waals surface area contributed by atoms with Gasteiger partial charge in [-0.15, -0.1) is 0 Å². The average Bonchev–Trinajstić information content (AvgIpc) is 3.31. The highest BCUT2D eigenvalue weighted by molar-refractivity contribution is 5.91. The number of benzene rings is 2. The number of hydrogen-bond donors (Lipinski definition) is 2. The summed E-state index contributed by atoms with van der Waals surface area (Å²) in [6, 6.07) is 20.9. The van der Waals surface area contributed by atoms with E-state index in [0.717, 1.165) is 43.7 Å². The number of rotatable bonds is 15.